The number of carbonyl (C=O) groups excluding carboxylic acids is 3. The van der Waals surface area contributed by atoms with Gasteiger partial charge in [-0.1, -0.05) is 274 Å². The molecule has 418 valence electrons. The second kappa shape index (κ2) is 60.7. The summed E-state index contributed by atoms with van der Waals surface area (Å²) in [5.41, 5.74) is 0. The third-order valence-corrected chi connectivity index (χ3v) is 13.7. The van der Waals surface area contributed by atoms with E-state index in [9.17, 15) is 14.4 Å². The molecule has 0 spiro atoms. The zero-order valence-electron chi connectivity index (χ0n) is 47.9. The summed E-state index contributed by atoms with van der Waals surface area (Å²) in [6.45, 7) is 6.62. The van der Waals surface area contributed by atoms with Crippen molar-refractivity contribution in [3.63, 3.8) is 0 Å². The fourth-order valence-electron chi connectivity index (χ4n) is 9.01. The number of hydrogen-bond acceptors (Lipinski definition) is 6. The molecule has 0 aromatic heterocycles. The Morgan fingerprint density at radius 3 is 0.819 bits per heavy atom. The molecule has 0 fully saturated rings. The van der Waals surface area contributed by atoms with Gasteiger partial charge < -0.3 is 14.2 Å². The van der Waals surface area contributed by atoms with Crippen LogP contribution in [0.3, 0.4) is 0 Å². The first-order chi connectivity index (χ1) is 35.5. The topological polar surface area (TPSA) is 78.9 Å². The molecule has 0 bridgehead atoms. The minimum absolute atomic E-state index is 0.0830. The Labute approximate surface area is 447 Å². The van der Waals surface area contributed by atoms with Gasteiger partial charge in [-0.15, -0.1) is 0 Å². The van der Waals surface area contributed by atoms with Gasteiger partial charge in [0.2, 0.25) is 0 Å². The molecule has 0 saturated carbocycles. The van der Waals surface area contributed by atoms with E-state index in [0.717, 1.165) is 96.3 Å². The summed E-state index contributed by atoms with van der Waals surface area (Å²) in [7, 11) is 0. The van der Waals surface area contributed by atoms with Crippen LogP contribution in [0.5, 0.6) is 0 Å². The number of esters is 3. The van der Waals surface area contributed by atoms with Crippen LogP contribution >= 0.6 is 0 Å². The third kappa shape index (κ3) is 58.0. The standard InChI is InChI=1S/C66H118O6/c1-4-7-10-13-16-19-22-25-28-31-33-35-38-41-44-47-50-53-56-59-65(68)71-62-63(61-70-64(67)58-55-52-49-46-43-40-37-30-27-24-21-18-15-12-9-6-3)72-66(69)60-57-54-51-48-45-42-39-36-34-32-29-26-23-20-17-14-11-8-5-2/h16,19,21,24-25,28,30,33,35,37,63H,4-15,17-18,20,22-23,26-27,29,31-32,34,36,38-62H2,1-3H3/b19-16-,24-21-,28-25-,35-33-,37-30-. The Morgan fingerprint density at radius 1 is 0.278 bits per heavy atom. The van der Waals surface area contributed by atoms with Gasteiger partial charge in [0.1, 0.15) is 13.2 Å². The summed E-state index contributed by atoms with van der Waals surface area (Å²) in [4.78, 5) is 38.3. The van der Waals surface area contributed by atoms with Crippen molar-refractivity contribution >= 4 is 17.9 Å². The van der Waals surface area contributed by atoms with E-state index in [1.54, 1.807) is 0 Å². The molecule has 0 amide bonds. The Kier molecular flexibility index (Phi) is 58.2. The van der Waals surface area contributed by atoms with E-state index in [4.69, 9.17) is 14.2 Å². The average Bonchev–Trinajstić information content (AvgIpc) is 3.38. The van der Waals surface area contributed by atoms with E-state index in [2.05, 4.69) is 81.5 Å². The summed E-state index contributed by atoms with van der Waals surface area (Å²) in [5, 5.41) is 0. The highest BCUT2D eigenvalue weighted by atomic mass is 16.6. The molecule has 6 heteroatoms. The lowest BCUT2D eigenvalue weighted by atomic mass is 10.0. The SMILES string of the molecule is CCCCC/C=C\C/C=C\C/C=C\CCCCCCCCC(=O)OCC(COC(=O)CCCCCCC/C=C\C/C=C\CCCCCC)OC(=O)CCCCCCCCCCCCCCCCCCCCC. The summed E-state index contributed by atoms with van der Waals surface area (Å²) in [6.07, 6.45) is 76.4. The first-order valence-corrected chi connectivity index (χ1v) is 31.3. The molecule has 0 rings (SSSR count). The zero-order valence-corrected chi connectivity index (χ0v) is 47.9. The van der Waals surface area contributed by atoms with Crippen molar-refractivity contribution in [2.75, 3.05) is 13.2 Å². The molecule has 0 aliphatic heterocycles. The largest absolute Gasteiger partial charge is 0.462 e. The van der Waals surface area contributed by atoms with E-state index >= 15 is 0 Å². The maximum atomic E-state index is 12.9. The van der Waals surface area contributed by atoms with Crippen LogP contribution in [-0.4, -0.2) is 37.2 Å². The van der Waals surface area contributed by atoms with Crippen molar-refractivity contribution in [3.8, 4) is 0 Å². The van der Waals surface area contributed by atoms with Gasteiger partial charge in [-0.3, -0.25) is 14.4 Å². The van der Waals surface area contributed by atoms with Gasteiger partial charge in [-0.25, -0.2) is 0 Å². The zero-order chi connectivity index (χ0) is 52.2. The van der Waals surface area contributed by atoms with Crippen LogP contribution in [0.15, 0.2) is 60.8 Å². The quantitative estimate of drug-likeness (QED) is 0.0261. The van der Waals surface area contributed by atoms with Crippen molar-refractivity contribution in [3.05, 3.63) is 60.8 Å². The molecule has 0 N–H and O–H groups in total. The normalized spacial score (nSPS) is 12.4. The summed E-state index contributed by atoms with van der Waals surface area (Å²) >= 11 is 0. The van der Waals surface area contributed by atoms with Crippen LogP contribution in [0.25, 0.3) is 0 Å². The number of carbonyl (C=O) groups is 3. The lowest BCUT2D eigenvalue weighted by Gasteiger charge is -2.18. The first kappa shape index (κ1) is 69.1. The van der Waals surface area contributed by atoms with Crippen LogP contribution in [-0.2, 0) is 28.6 Å². The highest BCUT2D eigenvalue weighted by molar-refractivity contribution is 5.71. The van der Waals surface area contributed by atoms with Crippen LogP contribution in [0.2, 0.25) is 0 Å². The van der Waals surface area contributed by atoms with Crippen molar-refractivity contribution < 1.29 is 28.6 Å². The highest BCUT2D eigenvalue weighted by Gasteiger charge is 2.19. The first-order valence-electron chi connectivity index (χ1n) is 31.3. The van der Waals surface area contributed by atoms with Crippen LogP contribution in [0.1, 0.15) is 323 Å². The summed E-state index contributed by atoms with van der Waals surface area (Å²) in [6, 6.07) is 0. The minimum atomic E-state index is -0.785. The molecule has 0 aliphatic carbocycles. The second-order valence-corrected chi connectivity index (χ2v) is 21.0. The van der Waals surface area contributed by atoms with Gasteiger partial charge in [-0.2, -0.15) is 0 Å². The summed E-state index contributed by atoms with van der Waals surface area (Å²) in [5.74, 6) is -0.890. The minimum Gasteiger partial charge on any atom is -0.462 e. The molecular formula is C66H118O6. The lowest BCUT2D eigenvalue weighted by molar-refractivity contribution is -0.167. The van der Waals surface area contributed by atoms with Crippen molar-refractivity contribution in [1.82, 2.24) is 0 Å². The van der Waals surface area contributed by atoms with E-state index in [1.165, 1.54) is 186 Å². The van der Waals surface area contributed by atoms with Crippen LogP contribution in [0, 0.1) is 0 Å². The Morgan fingerprint density at radius 2 is 0.500 bits per heavy atom. The van der Waals surface area contributed by atoms with Gasteiger partial charge in [0.15, 0.2) is 6.10 Å². The highest BCUT2D eigenvalue weighted by Crippen LogP contribution is 2.17. The molecule has 0 heterocycles. The molecule has 0 aliphatic rings. The number of hydrogen-bond donors (Lipinski definition) is 0. The van der Waals surface area contributed by atoms with Gasteiger partial charge >= 0.3 is 17.9 Å². The van der Waals surface area contributed by atoms with Gasteiger partial charge in [0.25, 0.3) is 0 Å². The molecule has 72 heavy (non-hydrogen) atoms. The maximum absolute atomic E-state index is 12.9. The number of allylic oxidation sites excluding steroid dienone is 10. The van der Waals surface area contributed by atoms with Gasteiger partial charge in [0, 0.05) is 19.3 Å². The van der Waals surface area contributed by atoms with E-state index < -0.39 is 6.10 Å². The monoisotopic (exact) mass is 1010 g/mol. The Bertz CT molecular complexity index is 1290. The number of unbranched alkanes of at least 4 members (excludes halogenated alkanes) is 36. The average molecular weight is 1010 g/mol. The third-order valence-electron chi connectivity index (χ3n) is 13.7. The smallest absolute Gasteiger partial charge is 0.306 e. The Hall–Kier alpha value is -2.89. The lowest BCUT2D eigenvalue weighted by Crippen LogP contribution is -2.30. The Balaban J connectivity index is 4.39. The predicted octanol–water partition coefficient (Wildman–Crippen LogP) is 21.2. The fourth-order valence-corrected chi connectivity index (χ4v) is 9.01. The van der Waals surface area contributed by atoms with Gasteiger partial charge in [0.05, 0.1) is 0 Å². The number of ether oxygens (including phenoxy) is 3. The number of rotatable bonds is 57. The molecule has 0 saturated heterocycles. The molecule has 1 atom stereocenters. The molecular weight excluding hydrogens is 889 g/mol. The fraction of sp³-hybridized carbons (Fsp3) is 0.803. The van der Waals surface area contributed by atoms with Crippen molar-refractivity contribution in [2.45, 2.75) is 329 Å². The molecule has 1 unspecified atom stereocenters. The van der Waals surface area contributed by atoms with Crippen LogP contribution < -0.4 is 0 Å². The summed E-state index contributed by atoms with van der Waals surface area (Å²) < 4.78 is 16.9. The van der Waals surface area contributed by atoms with E-state index in [1.807, 2.05) is 0 Å². The molecule has 6 nitrogen and oxygen atoms in total. The van der Waals surface area contributed by atoms with Crippen molar-refractivity contribution in [2.24, 2.45) is 0 Å². The van der Waals surface area contributed by atoms with E-state index in [0.29, 0.717) is 19.3 Å². The van der Waals surface area contributed by atoms with Gasteiger partial charge in [-0.05, 0) is 89.9 Å². The predicted molar refractivity (Wildman–Crippen MR) is 312 cm³/mol. The molecule has 0 radical (unpaired) electrons. The molecule has 0 aromatic carbocycles. The maximum Gasteiger partial charge on any atom is 0.306 e. The van der Waals surface area contributed by atoms with Crippen LogP contribution in [0.4, 0.5) is 0 Å². The second-order valence-electron chi connectivity index (χ2n) is 21.0. The molecule has 0 aromatic rings. The van der Waals surface area contributed by atoms with Crippen molar-refractivity contribution in [1.29, 1.82) is 0 Å². The van der Waals surface area contributed by atoms with E-state index in [-0.39, 0.29) is 31.1 Å².